The van der Waals surface area contributed by atoms with E-state index in [0.717, 1.165) is 18.4 Å². The van der Waals surface area contributed by atoms with Crippen LogP contribution in [0, 0.1) is 0 Å². The summed E-state index contributed by atoms with van der Waals surface area (Å²) in [5.41, 5.74) is 2.06. The number of nitrogens with zero attached hydrogens (tertiary/aromatic N) is 1. The molecule has 1 aliphatic heterocycles. The van der Waals surface area contributed by atoms with Crippen molar-refractivity contribution in [2.45, 2.75) is 37.8 Å². The van der Waals surface area contributed by atoms with Crippen LogP contribution in [0.4, 0.5) is 0 Å². The Balaban J connectivity index is 1.63. The summed E-state index contributed by atoms with van der Waals surface area (Å²) in [6, 6.07) is 20.8. The molecule has 0 aromatic heterocycles. The van der Waals surface area contributed by atoms with Crippen LogP contribution in [0.3, 0.4) is 0 Å². The maximum absolute atomic E-state index is 12.5. The normalized spacial score (nSPS) is 21.9. The third kappa shape index (κ3) is 4.21. The SMILES string of the molecule is CN1[C@@H](CC(=O)c2ccccc2)CCC[C@H]1/C=C/c1ccccc1. The number of hydrogen-bond donors (Lipinski definition) is 0. The van der Waals surface area contributed by atoms with Gasteiger partial charge in [-0.25, -0.2) is 0 Å². The number of rotatable bonds is 5. The van der Waals surface area contributed by atoms with E-state index >= 15 is 0 Å². The first kappa shape index (κ1) is 16.7. The van der Waals surface area contributed by atoms with Crippen LogP contribution in [0.15, 0.2) is 66.7 Å². The Hall–Kier alpha value is -2.19. The molecule has 0 radical (unpaired) electrons. The third-order valence-electron chi connectivity index (χ3n) is 4.96. The summed E-state index contributed by atoms with van der Waals surface area (Å²) >= 11 is 0. The standard InChI is InChI=1S/C22H25NO/c1-23-20(16-15-18-9-4-2-5-10-18)13-8-14-21(23)17-22(24)19-11-6-3-7-12-19/h2-7,9-12,15-16,20-21H,8,13-14,17H2,1H3/b16-15+/t20-,21+/m0/s1. The van der Waals surface area contributed by atoms with Crippen LogP contribution in [-0.4, -0.2) is 29.8 Å². The topological polar surface area (TPSA) is 20.3 Å². The maximum Gasteiger partial charge on any atom is 0.164 e. The molecule has 2 atom stereocenters. The zero-order valence-electron chi connectivity index (χ0n) is 14.3. The molecule has 24 heavy (non-hydrogen) atoms. The van der Waals surface area contributed by atoms with E-state index in [9.17, 15) is 4.79 Å². The molecule has 0 saturated carbocycles. The number of carbonyl (C=O) groups excluding carboxylic acids is 1. The molecule has 0 aliphatic carbocycles. The lowest BCUT2D eigenvalue weighted by Gasteiger charge is -2.38. The van der Waals surface area contributed by atoms with Crippen molar-refractivity contribution in [2.75, 3.05) is 7.05 Å². The number of ketones is 1. The van der Waals surface area contributed by atoms with Gasteiger partial charge in [-0.15, -0.1) is 0 Å². The second-order valence-electron chi connectivity index (χ2n) is 6.58. The summed E-state index contributed by atoms with van der Waals surface area (Å²) in [6.45, 7) is 0. The van der Waals surface area contributed by atoms with Crippen LogP contribution < -0.4 is 0 Å². The van der Waals surface area contributed by atoms with E-state index in [2.05, 4.69) is 48.4 Å². The highest BCUT2D eigenvalue weighted by Gasteiger charge is 2.27. The Kier molecular flexibility index (Phi) is 5.60. The van der Waals surface area contributed by atoms with Gasteiger partial charge in [-0.3, -0.25) is 9.69 Å². The number of piperidine rings is 1. The van der Waals surface area contributed by atoms with E-state index in [1.54, 1.807) is 0 Å². The van der Waals surface area contributed by atoms with Crippen LogP contribution in [0.1, 0.15) is 41.6 Å². The van der Waals surface area contributed by atoms with Crippen LogP contribution >= 0.6 is 0 Å². The van der Waals surface area contributed by atoms with Crippen molar-refractivity contribution >= 4 is 11.9 Å². The van der Waals surface area contributed by atoms with E-state index in [4.69, 9.17) is 0 Å². The largest absolute Gasteiger partial charge is 0.297 e. The van der Waals surface area contributed by atoms with E-state index in [1.807, 2.05) is 36.4 Å². The lowest BCUT2D eigenvalue weighted by atomic mass is 9.91. The summed E-state index contributed by atoms with van der Waals surface area (Å²) in [7, 11) is 2.15. The smallest absolute Gasteiger partial charge is 0.164 e. The fourth-order valence-electron chi connectivity index (χ4n) is 3.46. The van der Waals surface area contributed by atoms with E-state index in [-0.39, 0.29) is 5.78 Å². The maximum atomic E-state index is 12.5. The number of likely N-dealkylation sites (N-methyl/N-ethyl adjacent to an activating group) is 1. The molecule has 0 unspecified atom stereocenters. The van der Waals surface area contributed by atoms with Gasteiger partial charge in [0.15, 0.2) is 5.78 Å². The van der Waals surface area contributed by atoms with Gasteiger partial charge >= 0.3 is 0 Å². The van der Waals surface area contributed by atoms with Gasteiger partial charge in [0.05, 0.1) is 0 Å². The Labute approximate surface area is 144 Å². The molecule has 0 bridgehead atoms. The minimum absolute atomic E-state index is 0.250. The van der Waals surface area contributed by atoms with E-state index in [0.29, 0.717) is 18.5 Å². The van der Waals surface area contributed by atoms with Crippen LogP contribution in [0.25, 0.3) is 6.08 Å². The monoisotopic (exact) mass is 319 g/mol. The molecular weight excluding hydrogens is 294 g/mol. The minimum Gasteiger partial charge on any atom is -0.297 e. The number of carbonyl (C=O) groups is 1. The summed E-state index contributed by atoms with van der Waals surface area (Å²) in [6.07, 6.45) is 8.54. The molecule has 1 aliphatic rings. The van der Waals surface area contributed by atoms with Crippen LogP contribution in [0.2, 0.25) is 0 Å². The van der Waals surface area contributed by atoms with Gasteiger partial charge in [-0.1, -0.05) is 79.2 Å². The molecule has 2 nitrogen and oxygen atoms in total. The summed E-state index contributed by atoms with van der Waals surface area (Å²) in [5, 5.41) is 0. The molecule has 124 valence electrons. The Morgan fingerprint density at radius 3 is 2.42 bits per heavy atom. The Morgan fingerprint density at radius 2 is 1.71 bits per heavy atom. The highest BCUT2D eigenvalue weighted by Crippen LogP contribution is 2.26. The average Bonchev–Trinajstić information content (AvgIpc) is 2.64. The molecule has 2 aromatic rings. The predicted molar refractivity (Wildman–Crippen MR) is 100 cm³/mol. The van der Waals surface area contributed by atoms with Crippen molar-refractivity contribution in [1.29, 1.82) is 0 Å². The van der Waals surface area contributed by atoms with Crippen molar-refractivity contribution in [2.24, 2.45) is 0 Å². The highest BCUT2D eigenvalue weighted by molar-refractivity contribution is 5.96. The Bertz CT molecular complexity index is 678. The first-order chi connectivity index (χ1) is 11.7. The van der Waals surface area contributed by atoms with Gasteiger partial charge in [0.25, 0.3) is 0 Å². The van der Waals surface area contributed by atoms with Gasteiger partial charge in [-0.2, -0.15) is 0 Å². The first-order valence-electron chi connectivity index (χ1n) is 8.77. The second-order valence-corrected chi connectivity index (χ2v) is 6.58. The molecule has 0 spiro atoms. The quantitative estimate of drug-likeness (QED) is 0.736. The fourth-order valence-corrected chi connectivity index (χ4v) is 3.46. The highest BCUT2D eigenvalue weighted by atomic mass is 16.1. The fraction of sp³-hybridized carbons (Fsp3) is 0.318. The first-order valence-corrected chi connectivity index (χ1v) is 8.77. The molecule has 1 heterocycles. The second kappa shape index (κ2) is 8.07. The number of Topliss-reactive ketones (excluding diaryl/α,β-unsaturated/α-hetero) is 1. The molecular formula is C22H25NO. The van der Waals surface area contributed by atoms with Gasteiger partial charge in [0, 0.05) is 24.1 Å². The zero-order valence-corrected chi connectivity index (χ0v) is 14.3. The van der Waals surface area contributed by atoms with Crippen molar-refractivity contribution < 1.29 is 4.79 Å². The molecule has 0 amide bonds. The number of benzene rings is 2. The minimum atomic E-state index is 0.250. The summed E-state index contributed by atoms with van der Waals surface area (Å²) in [5.74, 6) is 0.250. The lowest BCUT2D eigenvalue weighted by molar-refractivity contribution is 0.0863. The molecule has 2 heteroatoms. The summed E-state index contributed by atoms with van der Waals surface area (Å²) < 4.78 is 0. The van der Waals surface area contributed by atoms with Crippen molar-refractivity contribution in [3.63, 3.8) is 0 Å². The molecule has 2 aromatic carbocycles. The molecule has 0 N–H and O–H groups in total. The van der Waals surface area contributed by atoms with Crippen LogP contribution in [0.5, 0.6) is 0 Å². The lowest BCUT2D eigenvalue weighted by Crippen LogP contribution is -2.43. The van der Waals surface area contributed by atoms with Gasteiger partial charge in [0.1, 0.15) is 0 Å². The molecule has 3 rings (SSSR count). The van der Waals surface area contributed by atoms with E-state index < -0.39 is 0 Å². The average molecular weight is 319 g/mol. The Morgan fingerprint density at radius 1 is 1.04 bits per heavy atom. The van der Waals surface area contributed by atoms with Gasteiger partial charge < -0.3 is 0 Å². The predicted octanol–water partition coefficient (Wildman–Crippen LogP) is 4.83. The third-order valence-corrected chi connectivity index (χ3v) is 4.96. The van der Waals surface area contributed by atoms with Crippen molar-refractivity contribution in [3.05, 3.63) is 77.9 Å². The van der Waals surface area contributed by atoms with Crippen LogP contribution in [-0.2, 0) is 0 Å². The van der Waals surface area contributed by atoms with Gasteiger partial charge in [0.2, 0.25) is 0 Å². The van der Waals surface area contributed by atoms with Crippen molar-refractivity contribution in [3.8, 4) is 0 Å². The van der Waals surface area contributed by atoms with E-state index in [1.165, 1.54) is 12.0 Å². The molecule has 1 fully saturated rings. The van der Waals surface area contributed by atoms with Gasteiger partial charge in [-0.05, 0) is 25.5 Å². The van der Waals surface area contributed by atoms with Crippen molar-refractivity contribution in [1.82, 2.24) is 4.90 Å². The zero-order chi connectivity index (χ0) is 16.8. The number of likely N-dealkylation sites (tertiary alicyclic amines) is 1. The number of hydrogen-bond acceptors (Lipinski definition) is 2. The summed E-state index contributed by atoms with van der Waals surface area (Å²) in [4.78, 5) is 14.9. The molecule has 1 saturated heterocycles.